The van der Waals surface area contributed by atoms with E-state index in [2.05, 4.69) is 5.32 Å². The summed E-state index contributed by atoms with van der Waals surface area (Å²) in [4.78, 5) is 23.8. The SMILES string of the molecule is CC[C@@H](NC(=O)COC(=O)c1ccc(F)cc1F)c1ccc(C)cc1. The van der Waals surface area contributed by atoms with Crippen LogP contribution in [-0.4, -0.2) is 18.5 Å². The van der Waals surface area contributed by atoms with E-state index in [1.54, 1.807) is 0 Å². The van der Waals surface area contributed by atoms with Crippen LogP contribution in [0.2, 0.25) is 0 Å². The molecule has 2 rings (SSSR count). The van der Waals surface area contributed by atoms with Crippen LogP contribution < -0.4 is 5.32 Å². The lowest BCUT2D eigenvalue weighted by Crippen LogP contribution is -2.32. The van der Waals surface area contributed by atoms with Crippen LogP contribution in [0, 0.1) is 18.6 Å². The Morgan fingerprint density at radius 3 is 2.40 bits per heavy atom. The Morgan fingerprint density at radius 1 is 1.12 bits per heavy atom. The smallest absolute Gasteiger partial charge is 0.341 e. The van der Waals surface area contributed by atoms with Gasteiger partial charge in [-0.05, 0) is 31.0 Å². The molecule has 1 atom stereocenters. The molecule has 0 unspecified atom stereocenters. The molecule has 132 valence electrons. The highest BCUT2D eigenvalue weighted by Crippen LogP contribution is 2.17. The van der Waals surface area contributed by atoms with Crippen molar-refractivity contribution < 1.29 is 23.1 Å². The Bertz CT molecular complexity index is 760. The van der Waals surface area contributed by atoms with Crippen LogP contribution in [-0.2, 0) is 9.53 Å². The van der Waals surface area contributed by atoms with Gasteiger partial charge in [-0.3, -0.25) is 4.79 Å². The molecular formula is C19H19F2NO3. The standard InChI is InChI=1S/C19H19F2NO3/c1-3-17(13-6-4-12(2)5-7-13)22-18(23)11-25-19(24)15-9-8-14(20)10-16(15)21/h4-10,17H,3,11H2,1-2H3,(H,22,23)/t17-/m1/s1. The molecule has 25 heavy (non-hydrogen) atoms. The fraction of sp³-hybridized carbons (Fsp3) is 0.263. The number of amides is 1. The van der Waals surface area contributed by atoms with Gasteiger partial charge in [-0.1, -0.05) is 36.8 Å². The highest BCUT2D eigenvalue weighted by Gasteiger charge is 2.17. The van der Waals surface area contributed by atoms with Crippen LogP contribution in [0.25, 0.3) is 0 Å². The number of carbonyl (C=O) groups excluding carboxylic acids is 2. The van der Waals surface area contributed by atoms with Crippen molar-refractivity contribution in [2.75, 3.05) is 6.61 Å². The molecule has 6 heteroatoms. The summed E-state index contributed by atoms with van der Waals surface area (Å²) in [7, 11) is 0. The Balaban J connectivity index is 1.92. The third kappa shape index (κ3) is 5.11. The Labute approximate surface area is 144 Å². The predicted molar refractivity (Wildman–Crippen MR) is 89.0 cm³/mol. The monoisotopic (exact) mass is 347 g/mol. The van der Waals surface area contributed by atoms with Crippen LogP contribution in [0.15, 0.2) is 42.5 Å². The second-order valence-corrected chi connectivity index (χ2v) is 5.64. The van der Waals surface area contributed by atoms with E-state index in [-0.39, 0.29) is 6.04 Å². The van der Waals surface area contributed by atoms with Crippen molar-refractivity contribution in [3.05, 3.63) is 70.8 Å². The average Bonchev–Trinajstić information content (AvgIpc) is 2.58. The van der Waals surface area contributed by atoms with Crippen molar-refractivity contribution in [3.63, 3.8) is 0 Å². The predicted octanol–water partition coefficient (Wildman–Crippen LogP) is 3.70. The lowest BCUT2D eigenvalue weighted by Gasteiger charge is -2.17. The van der Waals surface area contributed by atoms with Crippen LogP contribution in [0.3, 0.4) is 0 Å². The molecule has 0 radical (unpaired) electrons. The molecule has 4 nitrogen and oxygen atoms in total. The maximum absolute atomic E-state index is 13.5. The number of ether oxygens (including phenoxy) is 1. The van der Waals surface area contributed by atoms with Crippen LogP contribution in [0.4, 0.5) is 8.78 Å². The van der Waals surface area contributed by atoms with Gasteiger partial charge in [0.15, 0.2) is 6.61 Å². The lowest BCUT2D eigenvalue weighted by molar-refractivity contribution is -0.125. The van der Waals surface area contributed by atoms with Gasteiger partial charge in [0.2, 0.25) is 0 Å². The molecule has 0 saturated carbocycles. The summed E-state index contributed by atoms with van der Waals surface area (Å²) in [5, 5.41) is 2.76. The number of benzene rings is 2. The molecule has 1 N–H and O–H groups in total. The van der Waals surface area contributed by atoms with Gasteiger partial charge in [0.1, 0.15) is 11.6 Å². The van der Waals surface area contributed by atoms with Crippen molar-refractivity contribution >= 4 is 11.9 Å². The van der Waals surface area contributed by atoms with E-state index in [4.69, 9.17) is 4.74 Å². The Hall–Kier alpha value is -2.76. The molecule has 0 aliphatic heterocycles. The van der Waals surface area contributed by atoms with E-state index in [0.29, 0.717) is 12.5 Å². The van der Waals surface area contributed by atoms with Gasteiger partial charge < -0.3 is 10.1 Å². The van der Waals surface area contributed by atoms with E-state index in [1.165, 1.54) is 0 Å². The van der Waals surface area contributed by atoms with Crippen LogP contribution in [0.1, 0.15) is 40.9 Å². The van der Waals surface area contributed by atoms with Crippen molar-refractivity contribution in [3.8, 4) is 0 Å². The van der Waals surface area contributed by atoms with Gasteiger partial charge in [-0.2, -0.15) is 0 Å². The van der Waals surface area contributed by atoms with Crippen LogP contribution in [0.5, 0.6) is 0 Å². The number of rotatable bonds is 6. The van der Waals surface area contributed by atoms with E-state index in [9.17, 15) is 18.4 Å². The zero-order valence-corrected chi connectivity index (χ0v) is 14.0. The number of hydrogen-bond donors (Lipinski definition) is 1. The summed E-state index contributed by atoms with van der Waals surface area (Å²) >= 11 is 0. The first-order valence-corrected chi connectivity index (χ1v) is 7.88. The Morgan fingerprint density at radius 2 is 1.80 bits per heavy atom. The average molecular weight is 347 g/mol. The summed E-state index contributed by atoms with van der Waals surface area (Å²) in [6.07, 6.45) is 0.662. The van der Waals surface area contributed by atoms with Crippen molar-refractivity contribution in [2.24, 2.45) is 0 Å². The van der Waals surface area contributed by atoms with E-state index < -0.39 is 35.7 Å². The summed E-state index contributed by atoms with van der Waals surface area (Å²) in [5.41, 5.74) is 1.64. The molecule has 0 spiro atoms. The molecule has 0 aliphatic carbocycles. The molecule has 0 aromatic heterocycles. The number of aryl methyl sites for hydroxylation is 1. The third-order valence-corrected chi connectivity index (χ3v) is 3.71. The molecule has 0 bridgehead atoms. The van der Waals surface area contributed by atoms with E-state index in [0.717, 1.165) is 23.3 Å². The highest BCUT2D eigenvalue weighted by atomic mass is 19.1. The summed E-state index contributed by atoms with van der Waals surface area (Å²) in [5.74, 6) is -3.34. The number of halogens is 2. The number of esters is 1. The topological polar surface area (TPSA) is 55.4 Å². The third-order valence-electron chi connectivity index (χ3n) is 3.71. The van der Waals surface area contributed by atoms with Crippen molar-refractivity contribution in [1.29, 1.82) is 0 Å². The molecule has 2 aromatic rings. The first-order valence-electron chi connectivity index (χ1n) is 7.88. The molecule has 0 aliphatic rings. The molecule has 2 aromatic carbocycles. The fourth-order valence-electron chi connectivity index (χ4n) is 2.32. The number of hydrogen-bond acceptors (Lipinski definition) is 3. The molecular weight excluding hydrogens is 328 g/mol. The number of carbonyl (C=O) groups is 2. The van der Waals surface area contributed by atoms with Gasteiger partial charge >= 0.3 is 5.97 Å². The molecule has 0 saturated heterocycles. The maximum Gasteiger partial charge on any atom is 0.341 e. The Kier molecular flexibility index (Phi) is 6.22. The van der Waals surface area contributed by atoms with Gasteiger partial charge in [-0.15, -0.1) is 0 Å². The molecule has 0 fully saturated rings. The van der Waals surface area contributed by atoms with Gasteiger partial charge in [0.25, 0.3) is 5.91 Å². The van der Waals surface area contributed by atoms with Crippen molar-refractivity contribution in [2.45, 2.75) is 26.3 Å². The van der Waals surface area contributed by atoms with Crippen molar-refractivity contribution in [1.82, 2.24) is 5.32 Å². The first-order chi connectivity index (χ1) is 11.9. The first kappa shape index (κ1) is 18.6. The summed E-state index contributed by atoms with van der Waals surface area (Å²) in [6.45, 7) is 3.35. The lowest BCUT2D eigenvalue weighted by atomic mass is 10.0. The second kappa shape index (κ2) is 8.37. The zero-order valence-electron chi connectivity index (χ0n) is 14.0. The largest absolute Gasteiger partial charge is 0.452 e. The quantitative estimate of drug-likeness (QED) is 0.811. The summed E-state index contributed by atoms with van der Waals surface area (Å²) in [6, 6.07) is 10.0. The van der Waals surface area contributed by atoms with Gasteiger partial charge in [-0.25, -0.2) is 13.6 Å². The highest BCUT2D eigenvalue weighted by molar-refractivity contribution is 5.91. The molecule has 0 heterocycles. The molecule has 1 amide bonds. The van der Waals surface area contributed by atoms with E-state index in [1.807, 2.05) is 38.1 Å². The fourth-order valence-corrected chi connectivity index (χ4v) is 2.32. The van der Waals surface area contributed by atoms with E-state index >= 15 is 0 Å². The van der Waals surface area contributed by atoms with Gasteiger partial charge in [0, 0.05) is 6.07 Å². The van der Waals surface area contributed by atoms with Gasteiger partial charge in [0.05, 0.1) is 11.6 Å². The number of nitrogens with one attached hydrogen (secondary N) is 1. The zero-order chi connectivity index (χ0) is 18.4. The maximum atomic E-state index is 13.5. The second-order valence-electron chi connectivity index (χ2n) is 5.64. The summed E-state index contributed by atoms with van der Waals surface area (Å²) < 4.78 is 31.1. The minimum atomic E-state index is -1.03. The minimum Gasteiger partial charge on any atom is -0.452 e. The minimum absolute atomic E-state index is 0.214. The van der Waals surface area contributed by atoms with Crippen LogP contribution >= 0.6 is 0 Å². The normalized spacial score (nSPS) is 11.7.